The van der Waals surface area contributed by atoms with Gasteiger partial charge >= 0.3 is 0 Å². The maximum Gasteiger partial charge on any atom is 0.253 e. The molecule has 1 aromatic carbocycles. The summed E-state index contributed by atoms with van der Waals surface area (Å²) in [4.78, 5) is 16.3. The van der Waals surface area contributed by atoms with Crippen molar-refractivity contribution >= 4 is 11.6 Å². The molecule has 1 amide bonds. The number of pyridine rings is 1. The van der Waals surface area contributed by atoms with Gasteiger partial charge in [-0.2, -0.15) is 0 Å². The molecule has 0 saturated carbocycles. The zero-order valence-corrected chi connectivity index (χ0v) is 12.2. The number of carbonyl (C=O) groups excluding carboxylic acids is 1. The second-order valence-electron chi connectivity index (χ2n) is 4.48. The Morgan fingerprint density at radius 2 is 2.00 bits per heavy atom. The predicted molar refractivity (Wildman–Crippen MR) is 82.6 cm³/mol. The van der Waals surface area contributed by atoms with Crippen LogP contribution < -0.4 is 15.4 Å². The SMILES string of the molecule is CCNc1cnccc1C(=O)NCc1ccc(OC)cc1. The number of hydrogen-bond acceptors (Lipinski definition) is 4. The van der Waals surface area contributed by atoms with Crippen LogP contribution in [0, 0.1) is 0 Å². The molecule has 0 bridgehead atoms. The molecule has 110 valence electrons. The van der Waals surface area contributed by atoms with Crippen molar-refractivity contribution in [3.8, 4) is 5.75 Å². The summed E-state index contributed by atoms with van der Waals surface area (Å²) in [6, 6.07) is 9.31. The van der Waals surface area contributed by atoms with Crippen LogP contribution in [0.2, 0.25) is 0 Å². The van der Waals surface area contributed by atoms with E-state index in [1.807, 2.05) is 31.2 Å². The first kappa shape index (κ1) is 14.8. The third-order valence-electron chi connectivity index (χ3n) is 3.05. The summed E-state index contributed by atoms with van der Waals surface area (Å²) in [6.45, 7) is 3.19. The standard InChI is InChI=1S/C16H19N3O2/c1-3-18-15-11-17-9-8-14(15)16(20)19-10-12-4-6-13(21-2)7-5-12/h4-9,11,18H,3,10H2,1-2H3,(H,19,20). The monoisotopic (exact) mass is 285 g/mol. The maximum absolute atomic E-state index is 12.2. The van der Waals surface area contributed by atoms with E-state index in [1.165, 1.54) is 0 Å². The molecule has 2 aromatic rings. The third kappa shape index (κ3) is 3.95. The minimum Gasteiger partial charge on any atom is -0.497 e. The van der Waals surface area contributed by atoms with Gasteiger partial charge in [-0.1, -0.05) is 12.1 Å². The van der Waals surface area contributed by atoms with E-state index >= 15 is 0 Å². The number of amides is 1. The summed E-state index contributed by atoms with van der Waals surface area (Å²) in [7, 11) is 1.63. The van der Waals surface area contributed by atoms with Crippen LogP contribution in [0.5, 0.6) is 5.75 Å². The third-order valence-corrected chi connectivity index (χ3v) is 3.05. The Morgan fingerprint density at radius 3 is 2.67 bits per heavy atom. The second kappa shape index (κ2) is 7.28. The zero-order chi connectivity index (χ0) is 15.1. The highest BCUT2D eigenvalue weighted by atomic mass is 16.5. The fourth-order valence-electron chi connectivity index (χ4n) is 1.94. The topological polar surface area (TPSA) is 63.2 Å². The highest BCUT2D eigenvalue weighted by Crippen LogP contribution is 2.14. The minimum atomic E-state index is -0.121. The Morgan fingerprint density at radius 1 is 1.24 bits per heavy atom. The van der Waals surface area contributed by atoms with E-state index in [0.717, 1.165) is 23.5 Å². The highest BCUT2D eigenvalue weighted by molar-refractivity contribution is 5.99. The molecule has 0 fully saturated rings. The van der Waals surface area contributed by atoms with Crippen molar-refractivity contribution in [3.63, 3.8) is 0 Å². The van der Waals surface area contributed by atoms with Gasteiger partial charge in [0, 0.05) is 19.3 Å². The molecule has 0 radical (unpaired) electrons. The van der Waals surface area contributed by atoms with Crippen LogP contribution in [0.3, 0.4) is 0 Å². The fraction of sp³-hybridized carbons (Fsp3) is 0.250. The molecule has 2 N–H and O–H groups in total. The summed E-state index contributed by atoms with van der Waals surface area (Å²) in [5, 5.41) is 6.03. The average Bonchev–Trinajstić information content (AvgIpc) is 2.54. The molecule has 0 aliphatic rings. The predicted octanol–water partition coefficient (Wildman–Crippen LogP) is 2.45. The van der Waals surface area contributed by atoms with Crippen molar-refractivity contribution in [3.05, 3.63) is 53.9 Å². The molecule has 1 aromatic heterocycles. The Labute approximate surface area is 124 Å². The van der Waals surface area contributed by atoms with Crippen LogP contribution >= 0.6 is 0 Å². The number of nitrogens with one attached hydrogen (secondary N) is 2. The molecule has 0 aliphatic carbocycles. The van der Waals surface area contributed by atoms with Gasteiger partial charge < -0.3 is 15.4 Å². The number of nitrogens with zero attached hydrogens (tertiary/aromatic N) is 1. The van der Waals surface area contributed by atoms with Crippen LogP contribution in [-0.2, 0) is 6.54 Å². The lowest BCUT2D eigenvalue weighted by Crippen LogP contribution is -2.24. The van der Waals surface area contributed by atoms with Crippen LogP contribution in [0.25, 0.3) is 0 Å². The number of benzene rings is 1. The van der Waals surface area contributed by atoms with E-state index in [4.69, 9.17) is 4.74 Å². The molecule has 21 heavy (non-hydrogen) atoms. The van der Waals surface area contributed by atoms with Gasteiger partial charge in [-0.25, -0.2) is 0 Å². The molecule has 0 atom stereocenters. The number of hydrogen-bond donors (Lipinski definition) is 2. The zero-order valence-electron chi connectivity index (χ0n) is 12.2. The van der Waals surface area contributed by atoms with Gasteiger partial charge in [0.1, 0.15) is 5.75 Å². The van der Waals surface area contributed by atoms with Gasteiger partial charge in [0.15, 0.2) is 0 Å². The lowest BCUT2D eigenvalue weighted by Gasteiger charge is -2.10. The quantitative estimate of drug-likeness (QED) is 0.855. The van der Waals surface area contributed by atoms with E-state index in [9.17, 15) is 4.79 Å². The molecule has 0 aliphatic heterocycles. The molecule has 0 unspecified atom stereocenters. The lowest BCUT2D eigenvalue weighted by atomic mass is 10.2. The summed E-state index contributed by atoms with van der Waals surface area (Å²) in [6.07, 6.45) is 3.27. The van der Waals surface area contributed by atoms with Crippen molar-refractivity contribution in [2.24, 2.45) is 0 Å². The van der Waals surface area contributed by atoms with E-state index in [2.05, 4.69) is 15.6 Å². The molecule has 1 heterocycles. The molecular formula is C16H19N3O2. The van der Waals surface area contributed by atoms with E-state index < -0.39 is 0 Å². The van der Waals surface area contributed by atoms with Gasteiger partial charge in [-0.3, -0.25) is 9.78 Å². The smallest absolute Gasteiger partial charge is 0.253 e. The number of aromatic nitrogens is 1. The van der Waals surface area contributed by atoms with Crippen molar-refractivity contribution < 1.29 is 9.53 Å². The van der Waals surface area contributed by atoms with Crippen LogP contribution in [0.15, 0.2) is 42.7 Å². The summed E-state index contributed by atoms with van der Waals surface area (Å²) in [5.41, 5.74) is 2.36. The molecule has 5 nitrogen and oxygen atoms in total. The average molecular weight is 285 g/mol. The molecule has 2 rings (SSSR count). The summed E-state index contributed by atoms with van der Waals surface area (Å²) < 4.78 is 5.10. The number of anilines is 1. The van der Waals surface area contributed by atoms with E-state index in [0.29, 0.717) is 12.1 Å². The molecular weight excluding hydrogens is 266 g/mol. The van der Waals surface area contributed by atoms with Gasteiger partial charge in [0.25, 0.3) is 5.91 Å². The first-order valence-corrected chi connectivity index (χ1v) is 6.83. The van der Waals surface area contributed by atoms with Gasteiger partial charge in [-0.15, -0.1) is 0 Å². The molecule has 0 spiro atoms. The van der Waals surface area contributed by atoms with E-state index in [-0.39, 0.29) is 5.91 Å². The first-order valence-electron chi connectivity index (χ1n) is 6.83. The minimum absolute atomic E-state index is 0.121. The Hall–Kier alpha value is -2.56. The Balaban J connectivity index is 2.01. The second-order valence-corrected chi connectivity index (χ2v) is 4.48. The van der Waals surface area contributed by atoms with Gasteiger partial charge in [0.2, 0.25) is 0 Å². The summed E-state index contributed by atoms with van der Waals surface area (Å²) >= 11 is 0. The number of carbonyl (C=O) groups is 1. The molecule has 5 heteroatoms. The van der Waals surface area contributed by atoms with E-state index in [1.54, 1.807) is 25.6 Å². The fourth-order valence-corrected chi connectivity index (χ4v) is 1.94. The number of ether oxygens (including phenoxy) is 1. The van der Waals surface area contributed by atoms with Crippen molar-refractivity contribution in [1.29, 1.82) is 0 Å². The summed E-state index contributed by atoms with van der Waals surface area (Å²) in [5.74, 6) is 0.679. The lowest BCUT2D eigenvalue weighted by molar-refractivity contribution is 0.0951. The maximum atomic E-state index is 12.2. The van der Waals surface area contributed by atoms with Crippen LogP contribution in [-0.4, -0.2) is 24.5 Å². The van der Waals surface area contributed by atoms with Crippen molar-refractivity contribution in [2.75, 3.05) is 19.0 Å². The van der Waals surface area contributed by atoms with Crippen LogP contribution in [0.4, 0.5) is 5.69 Å². The molecule has 0 saturated heterocycles. The highest BCUT2D eigenvalue weighted by Gasteiger charge is 2.10. The van der Waals surface area contributed by atoms with Gasteiger partial charge in [0.05, 0.1) is 24.6 Å². The van der Waals surface area contributed by atoms with Crippen molar-refractivity contribution in [1.82, 2.24) is 10.3 Å². The Bertz CT molecular complexity index is 597. The Kier molecular flexibility index (Phi) is 5.15. The van der Waals surface area contributed by atoms with Gasteiger partial charge in [-0.05, 0) is 30.7 Å². The first-order chi connectivity index (χ1) is 10.2. The van der Waals surface area contributed by atoms with Crippen LogP contribution in [0.1, 0.15) is 22.8 Å². The number of methoxy groups -OCH3 is 1. The van der Waals surface area contributed by atoms with Crippen molar-refractivity contribution in [2.45, 2.75) is 13.5 Å². The number of rotatable bonds is 6. The normalized spacial score (nSPS) is 10.0. The largest absolute Gasteiger partial charge is 0.497 e.